The molecule has 2 atom stereocenters. The summed E-state index contributed by atoms with van der Waals surface area (Å²) in [5, 5.41) is 5.76. The number of nitrogens with zero attached hydrogens (tertiary/aromatic N) is 2. The van der Waals surface area contributed by atoms with Crippen molar-refractivity contribution in [2.75, 3.05) is 13.2 Å². The predicted molar refractivity (Wildman–Crippen MR) is 81.0 cm³/mol. The molecule has 3 heterocycles. The lowest BCUT2D eigenvalue weighted by atomic mass is 10.0. The van der Waals surface area contributed by atoms with E-state index in [1.54, 1.807) is 11.3 Å². The van der Waals surface area contributed by atoms with E-state index in [-0.39, 0.29) is 11.6 Å². The highest BCUT2D eigenvalue weighted by Crippen LogP contribution is 2.28. The predicted octanol–water partition coefficient (Wildman–Crippen LogP) is 2.73. The minimum Gasteiger partial charge on any atom is -0.374 e. The van der Waals surface area contributed by atoms with Gasteiger partial charge < -0.3 is 14.6 Å². The van der Waals surface area contributed by atoms with Crippen LogP contribution in [0, 0.1) is 0 Å². The molecule has 3 rings (SSSR count). The normalized spacial score (nSPS) is 24.1. The van der Waals surface area contributed by atoms with E-state index < -0.39 is 0 Å². The van der Waals surface area contributed by atoms with Crippen LogP contribution in [0.2, 0.25) is 0 Å². The average Bonchev–Trinajstić information content (AvgIpc) is 3.14. The maximum atomic E-state index is 5.87. The van der Waals surface area contributed by atoms with E-state index in [1.165, 1.54) is 4.88 Å². The Kier molecular flexibility index (Phi) is 3.92. The van der Waals surface area contributed by atoms with E-state index in [0.29, 0.717) is 0 Å². The van der Waals surface area contributed by atoms with Crippen LogP contribution >= 0.6 is 11.3 Å². The molecule has 4 nitrogen and oxygen atoms in total. The molecular formula is C15H21N3OS. The summed E-state index contributed by atoms with van der Waals surface area (Å²) in [6, 6.07) is 4.39. The summed E-state index contributed by atoms with van der Waals surface area (Å²) in [5.74, 6) is 1.05. The Bertz CT molecular complexity index is 543. The lowest BCUT2D eigenvalue weighted by Gasteiger charge is -2.27. The molecule has 0 bridgehead atoms. The van der Waals surface area contributed by atoms with Crippen LogP contribution in [-0.4, -0.2) is 28.3 Å². The summed E-state index contributed by atoms with van der Waals surface area (Å²) in [4.78, 5) is 5.80. The molecule has 2 unspecified atom stereocenters. The average molecular weight is 291 g/mol. The monoisotopic (exact) mass is 291 g/mol. The van der Waals surface area contributed by atoms with E-state index >= 15 is 0 Å². The van der Waals surface area contributed by atoms with Crippen molar-refractivity contribution in [3.05, 3.63) is 40.6 Å². The smallest absolute Gasteiger partial charge is 0.131 e. The molecule has 2 aromatic heterocycles. The zero-order chi connectivity index (χ0) is 14.0. The van der Waals surface area contributed by atoms with E-state index in [4.69, 9.17) is 4.74 Å². The van der Waals surface area contributed by atoms with Crippen LogP contribution in [0.25, 0.3) is 0 Å². The van der Waals surface area contributed by atoms with Crippen molar-refractivity contribution in [2.24, 2.45) is 7.05 Å². The van der Waals surface area contributed by atoms with E-state index in [0.717, 1.165) is 31.8 Å². The minimum absolute atomic E-state index is 0.0410. The van der Waals surface area contributed by atoms with E-state index in [1.807, 2.05) is 19.4 Å². The quantitative estimate of drug-likeness (QED) is 0.920. The molecule has 0 aromatic carbocycles. The fourth-order valence-electron chi connectivity index (χ4n) is 2.72. The minimum atomic E-state index is -0.0410. The van der Waals surface area contributed by atoms with Gasteiger partial charge in [-0.05, 0) is 31.2 Å². The van der Waals surface area contributed by atoms with Crippen molar-refractivity contribution < 1.29 is 4.74 Å². The second kappa shape index (κ2) is 5.68. The number of aryl methyl sites for hydroxylation is 1. The second-order valence-electron chi connectivity index (χ2n) is 5.63. The Labute approximate surface area is 123 Å². The standard InChI is InChI=1S/C15H21N3OS/c1-15(6-4-9-19-15)11-17-13(12-5-3-10-20-12)14-16-7-8-18(14)2/h3,5,7-8,10,13,17H,4,6,9,11H2,1-2H3. The van der Waals surface area contributed by atoms with Gasteiger partial charge in [0.25, 0.3) is 0 Å². The van der Waals surface area contributed by atoms with E-state index in [9.17, 15) is 0 Å². The van der Waals surface area contributed by atoms with Crippen LogP contribution in [0.5, 0.6) is 0 Å². The number of imidazole rings is 1. The highest BCUT2D eigenvalue weighted by Gasteiger charge is 2.31. The third-order valence-corrected chi connectivity index (χ3v) is 4.86. The Balaban J connectivity index is 1.78. The molecular weight excluding hydrogens is 270 g/mol. The van der Waals surface area contributed by atoms with Gasteiger partial charge in [-0.1, -0.05) is 6.07 Å². The van der Waals surface area contributed by atoms with Crippen molar-refractivity contribution in [1.82, 2.24) is 14.9 Å². The van der Waals surface area contributed by atoms with Crippen molar-refractivity contribution >= 4 is 11.3 Å². The Morgan fingerprint density at radius 3 is 3.10 bits per heavy atom. The van der Waals surface area contributed by atoms with Gasteiger partial charge in [0.15, 0.2) is 0 Å². The summed E-state index contributed by atoms with van der Waals surface area (Å²) < 4.78 is 7.95. The van der Waals surface area contributed by atoms with Crippen LogP contribution < -0.4 is 5.32 Å². The highest BCUT2D eigenvalue weighted by molar-refractivity contribution is 7.10. The van der Waals surface area contributed by atoms with Crippen molar-refractivity contribution in [2.45, 2.75) is 31.4 Å². The largest absolute Gasteiger partial charge is 0.374 e. The Hall–Kier alpha value is -1.17. The Morgan fingerprint density at radius 1 is 1.60 bits per heavy atom. The second-order valence-corrected chi connectivity index (χ2v) is 6.61. The summed E-state index contributed by atoms with van der Waals surface area (Å²) in [6.07, 6.45) is 6.12. The van der Waals surface area contributed by atoms with Crippen molar-refractivity contribution in [3.8, 4) is 0 Å². The number of nitrogens with one attached hydrogen (secondary N) is 1. The fourth-order valence-corrected chi connectivity index (χ4v) is 3.52. The Morgan fingerprint density at radius 2 is 2.50 bits per heavy atom. The van der Waals surface area contributed by atoms with Crippen LogP contribution in [-0.2, 0) is 11.8 Å². The van der Waals surface area contributed by atoms with Gasteiger partial charge in [-0.3, -0.25) is 0 Å². The van der Waals surface area contributed by atoms with Gasteiger partial charge in [-0.25, -0.2) is 4.98 Å². The fraction of sp³-hybridized carbons (Fsp3) is 0.533. The molecule has 5 heteroatoms. The van der Waals surface area contributed by atoms with Gasteiger partial charge in [0.05, 0.1) is 5.60 Å². The summed E-state index contributed by atoms with van der Waals surface area (Å²) >= 11 is 1.76. The van der Waals surface area contributed by atoms with Gasteiger partial charge in [0, 0.05) is 37.5 Å². The van der Waals surface area contributed by atoms with Crippen molar-refractivity contribution in [3.63, 3.8) is 0 Å². The molecule has 1 saturated heterocycles. The molecule has 1 aliphatic rings. The third kappa shape index (κ3) is 2.80. The SMILES string of the molecule is Cn1ccnc1C(NCC1(C)CCCO1)c1cccs1. The number of thiophene rings is 1. The van der Waals surface area contributed by atoms with Gasteiger partial charge in [0.1, 0.15) is 11.9 Å². The molecule has 0 aliphatic carbocycles. The van der Waals surface area contributed by atoms with Gasteiger partial charge in [0.2, 0.25) is 0 Å². The van der Waals surface area contributed by atoms with Gasteiger partial charge >= 0.3 is 0 Å². The highest BCUT2D eigenvalue weighted by atomic mass is 32.1. The molecule has 20 heavy (non-hydrogen) atoms. The van der Waals surface area contributed by atoms with Crippen LogP contribution in [0.1, 0.15) is 36.5 Å². The van der Waals surface area contributed by atoms with Gasteiger partial charge in [-0.2, -0.15) is 0 Å². The molecule has 1 aliphatic heterocycles. The molecule has 1 fully saturated rings. The van der Waals surface area contributed by atoms with Gasteiger partial charge in [-0.15, -0.1) is 11.3 Å². The first-order valence-electron chi connectivity index (χ1n) is 7.06. The zero-order valence-electron chi connectivity index (χ0n) is 12.0. The lowest BCUT2D eigenvalue weighted by Crippen LogP contribution is -2.39. The third-order valence-electron chi connectivity index (χ3n) is 3.92. The molecule has 1 N–H and O–H groups in total. The number of hydrogen-bond donors (Lipinski definition) is 1. The first kappa shape index (κ1) is 13.8. The summed E-state index contributed by atoms with van der Waals surface area (Å²) in [6.45, 7) is 3.92. The lowest BCUT2D eigenvalue weighted by molar-refractivity contribution is 0.0194. The number of ether oxygens (including phenoxy) is 1. The maximum Gasteiger partial charge on any atom is 0.131 e. The topological polar surface area (TPSA) is 39.1 Å². The summed E-state index contributed by atoms with van der Waals surface area (Å²) in [5.41, 5.74) is -0.0410. The molecule has 0 amide bonds. The van der Waals surface area contributed by atoms with Crippen LogP contribution in [0.4, 0.5) is 0 Å². The molecule has 0 spiro atoms. The first-order valence-corrected chi connectivity index (χ1v) is 7.94. The summed E-state index contributed by atoms with van der Waals surface area (Å²) in [7, 11) is 2.04. The number of rotatable bonds is 5. The van der Waals surface area contributed by atoms with E-state index in [2.05, 4.69) is 39.3 Å². The number of aromatic nitrogens is 2. The first-order chi connectivity index (χ1) is 9.68. The maximum absolute atomic E-state index is 5.87. The molecule has 2 aromatic rings. The van der Waals surface area contributed by atoms with Crippen LogP contribution in [0.3, 0.4) is 0 Å². The number of hydrogen-bond acceptors (Lipinski definition) is 4. The molecule has 0 saturated carbocycles. The molecule has 0 radical (unpaired) electrons. The van der Waals surface area contributed by atoms with Crippen LogP contribution in [0.15, 0.2) is 29.9 Å². The zero-order valence-corrected chi connectivity index (χ0v) is 12.8. The molecule has 108 valence electrons. The van der Waals surface area contributed by atoms with Crippen molar-refractivity contribution in [1.29, 1.82) is 0 Å².